The van der Waals surface area contributed by atoms with Crippen molar-refractivity contribution < 1.29 is 4.42 Å². The number of nitrogens with zero attached hydrogens (tertiary/aromatic N) is 4. The van der Waals surface area contributed by atoms with Gasteiger partial charge in [-0.15, -0.1) is 0 Å². The van der Waals surface area contributed by atoms with Crippen molar-refractivity contribution in [3.05, 3.63) is 66.0 Å². The number of aromatic nitrogens is 4. The third-order valence-corrected chi connectivity index (χ3v) is 4.81. The molecule has 0 amide bonds. The first-order chi connectivity index (χ1) is 11.7. The largest absolute Gasteiger partial charge is 0.467 e. The molecule has 24 heavy (non-hydrogen) atoms. The molecule has 0 aliphatic carbocycles. The fourth-order valence-electron chi connectivity index (χ4n) is 3.45. The molecule has 5 aromatic rings. The maximum absolute atomic E-state index is 5.52. The highest BCUT2D eigenvalue weighted by atomic mass is 16.3. The van der Waals surface area contributed by atoms with Crippen LogP contribution in [0.25, 0.3) is 27.7 Å². The summed E-state index contributed by atoms with van der Waals surface area (Å²) in [7, 11) is 0. The van der Waals surface area contributed by atoms with Crippen LogP contribution in [0.5, 0.6) is 0 Å². The Balaban J connectivity index is 1.87. The van der Waals surface area contributed by atoms with Crippen LogP contribution in [0.1, 0.15) is 17.0 Å². The maximum atomic E-state index is 5.52. The van der Waals surface area contributed by atoms with E-state index in [1.54, 1.807) is 6.26 Å². The Bertz CT molecular complexity index is 1200. The molecule has 5 nitrogen and oxygen atoms in total. The standard InChI is InChI=1S/C19H16N4O/c1-12-13(2)22(10-14-6-5-9-24-14)18-17(12)19-21-15-7-3-4-8-16(15)23(19)11-20-18/h3-9,11H,10H2,1-2H3. The fourth-order valence-corrected chi connectivity index (χ4v) is 3.45. The molecule has 0 bridgehead atoms. The third kappa shape index (κ3) is 1.69. The highest BCUT2D eigenvalue weighted by Gasteiger charge is 2.18. The number of hydrogen-bond donors (Lipinski definition) is 0. The van der Waals surface area contributed by atoms with Crippen LogP contribution in [0.4, 0.5) is 0 Å². The van der Waals surface area contributed by atoms with Gasteiger partial charge in [0.25, 0.3) is 0 Å². The Labute approximate surface area is 138 Å². The van der Waals surface area contributed by atoms with Gasteiger partial charge in [0, 0.05) is 5.69 Å². The number of rotatable bonds is 2. The minimum Gasteiger partial charge on any atom is -0.467 e. The Morgan fingerprint density at radius 1 is 1.04 bits per heavy atom. The predicted octanol–water partition coefficient (Wildman–Crippen LogP) is 4.10. The van der Waals surface area contributed by atoms with Gasteiger partial charge in [0.2, 0.25) is 0 Å². The van der Waals surface area contributed by atoms with Crippen LogP contribution < -0.4 is 0 Å². The quantitative estimate of drug-likeness (QED) is 0.493. The van der Waals surface area contributed by atoms with E-state index in [-0.39, 0.29) is 0 Å². The molecular formula is C19H16N4O. The van der Waals surface area contributed by atoms with Crippen molar-refractivity contribution in [2.75, 3.05) is 0 Å². The summed E-state index contributed by atoms with van der Waals surface area (Å²) >= 11 is 0. The molecular weight excluding hydrogens is 300 g/mol. The zero-order chi connectivity index (χ0) is 16.3. The van der Waals surface area contributed by atoms with Crippen molar-refractivity contribution in [3.63, 3.8) is 0 Å². The van der Waals surface area contributed by atoms with Crippen molar-refractivity contribution in [1.29, 1.82) is 0 Å². The van der Waals surface area contributed by atoms with Gasteiger partial charge in [0.1, 0.15) is 17.7 Å². The maximum Gasteiger partial charge on any atom is 0.150 e. The summed E-state index contributed by atoms with van der Waals surface area (Å²) in [5.74, 6) is 0.921. The summed E-state index contributed by atoms with van der Waals surface area (Å²) in [5, 5.41) is 1.11. The molecule has 5 heteroatoms. The minimum absolute atomic E-state index is 0.673. The number of hydrogen-bond acceptors (Lipinski definition) is 3. The van der Waals surface area contributed by atoms with E-state index in [4.69, 9.17) is 14.4 Å². The molecule has 0 unspecified atom stereocenters. The minimum atomic E-state index is 0.673. The zero-order valence-electron chi connectivity index (χ0n) is 13.5. The average Bonchev–Trinajstić information content (AvgIpc) is 3.29. The molecule has 5 rings (SSSR count). The lowest BCUT2D eigenvalue weighted by Gasteiger charge is -2.05. The van der Waals surface area contributed by atoms with Gasteiger partial charge in [-0.3, -0.25) is 4.40 Å². The van der Waals surface area contributed by atoms with Gasteiger partial charge in [-0.05, 0) is 43.7 Å². The lowest BCUT2D eigenvalue weighted by Crippen LogP contribution is -2.02. The number of imidazole rings is 1. The summed E-state index contributed by atoms with van der Waals surface area (Å²) in [5.41, 5.74) is 6.38. The van der Waals surface area contributed by atoms with Crippen LogP contribution in [0.2, 0.25) is 0 Å². The molecule has 0 saturated heterocycles. The Morgan fingerprint density at radius 2 is 1.92 bits per heavy atom. The summed E-state index contributed by atoms with van der Waals surface area (Å²) in [6.07, 6.45) is 3.57. The Morgan fingerprint density at radius 3 is 2.75 bits per heavy atom. The average molecular weight is 316 g/mol. The molecule has 118 valence electrons. The lowest BCUT2D eigenvalue weighted by molar-refractivity contribution is 0.494. The van der Waals surface area contributed by atoms with E-state index < -0.39 is 0 Å². The fraction of sp³-hybridized carbons (Fsp3) is 0.158. The number of fused-ring (bicyclic) bond motifs is 5. The number of aryl methyl sites for hydroxylation is 1. The number of furan rings is 1. The molecule has 0 aliphatic rings. The second kappa shape index (κ2) is 4.71. The summed E-state index contributed by atoms with van der Waals surface area (Å²) < 4.78 is 9.78. The van der Waals surface area contributed by atoms with E-state index in [0.29, 0.717) is 6.54 Å². The smallest absolute Gasteiger partial charge is 0.150 e. The van der Waals surface area contributed by atoms with Crippen LogP contribution >= 0.6 is 0 Å². The normalized spacial score (nSPS) is 11.9. The molecule has 0 fully saturated rings. The van der Waals surface area contributed by atoms with Crippen molar-refractivity contribution in [3.8, 4) is 0 Å². The molecule has 0 radical (unpaired) electrons. The van der Waals surface area contributed by atoms with E-state index in [1.807, 2.05) is 36.7 Å². The predicted molar refractivity (Wildman–Crippen MR) is 93.3 cm³/mol. The van der Waals surface area contributed by atoms with Gasteiger partial charge >= 0.3 is 0 Å². The van der Waals surface area contributed by atoms with Gasteiger partial charge in [0.05, 0.1) is 29.2 Å². The summed E-state index contributed by atoms with van der Waals surface area (Å²) in [4.78, 5) is 9.58. The van der Waals surface area contributed by atoms with Crippen molar-refractivity contribution in [2.45, 2.75) is 20.4 Å². The molecule has 0 saturated carbocycles. The molecule has 0 spiro atoms. The SMILES string of the molecule is Cc1c(C)n(Cc2ccco2)c2ncn3c4ccccc4nc3c12. The van der Waals surface area contributed by atoms with Gasteiger partial charge in [-0.2, -0.15) is 0 Å². The Kier molecular flexibility index (Phi) is 2.62. The first-order valence-electron chi connectivity index (χ1n) is 7.97. The van der Waals surface area contributed by atoms with E-state index in [2.05, 4.69) is 28.9 Å². The highest BCUT2D eigenvalue weighted by Crippen LogP contribution is 2.29. The third-order valence-electron chi connectivity index (χ3n) is 4.81. The monoisotopic (exact) mass is 316 g/mol. The van der Waals surface area contributed by atoms with E-state index >= 15 is 0 Å². The highest BCUT2D eigenvalue weighted by molar-refractivity contribution is 5.98. The molecule has 0 N–H and O–H groups in total. The van der Waals surface area contributed by atoms with Gasteiger partial charge in [0.15, 0.2) is 5.65 Å². The van der Waals surface area contributed by atoms with Crippen LogP contribution in [0.3, 0.4) is 0 Å². The molecule has 0 aliphatic heterocycles. The van der Waals surface area contributed by atoms with E-state index in [9.17, 15) is 0 Å². The van der Waals surface area contributed by atoms with Crippen molar-refractivity contribution >= 4 is 27.7 Å². The first-order valence-corrected chi connectivity index (χ1v) is 7.97. The lowest BCUT2D eigenvalue weighted by atomic mass is 10.2. The number of benzene rings is 1. The molecule has 0 atom stereocenters. The summed E-state index contributed by atoms with van der Waals surface area (Å²) in [6, 6.07) is 12.1. The molecule has 4 heterocycles. The second-order valence-corrected chi connectivity index (χ2v) is 6.11. The molecule has 1 aromatic carbocycles. The van der Waals surface area contributed by atoms with Crippen LogP contribution in [0, 0.1) is 13.8 Å². The van der Waals surface area contributed by atoms with Crippen LogP contribution in [0.15, 0.2) is 53.4 Å². The zero-order valence-corrected chi connectivity index (χ0v) is 13.5. The van der Waals surface area contributed by atoms with Gasteiger partial charge < -0.3 is 8.98 Å². The Hall–Kier alpha value is -3.08. The second-order valence-electron chi connectivity index (χ2n) is 6.11. The topological polar surface area (TPSA) is 48.3 Å². The summed E-state index contributed by atoms with van der Waals surface area (Å²) in [6.45, 7) is 4.93. The van der Waals surface area contributed by atoms with E-state index in [1.165, 1.54) is 11.3 Å². The van der Waals surface area contributed by atoms with Crippen molar-refractivity contribution in [2.24, 2.45) is 0 Å². The molecule has 4 aromatic heterocycles. The number of para-hydroxylation sites is 2. The first kappa shape index (κ1) is 13.4. The van der Waals surface area contributed by atoms with Crippen LogP contribution in [-0.2, 0) is 6.54 Å². The van der Waals surface area contributed by atoms with Gasteiger partial charge in [-0.25, -0.2) is 9.97 Å². The van der Waals surface area contributed by atoms with E-state index in [0.717, 1.165) is 33.5 Å². The van der Waals surface area contributed by atoms with Crippen LogP contribution in [-0.4, -0.2) is 18.9 Å². The van der Waals surface area contributed by atoms with Gasteiger partial charge in [-0.1, -0.05) is 12.1 Å². The van der Waals surface area contributed by atoms with Crippen molar-refractivity contribution in [1.82, 2.24) is 18.9 Å².